The molecule has 0 bridgehead atoms. The average Bonchev–Trinajstić information content (AvgIpc) is 3.50. The number of ether oxygens (including phenoxy) is 2. The summed E-state index contributed by atoms with van der Waals surface area (Å²) in [4.78, 5) is 6.48. The van der Waals surface area contributed by atoms with Gasteiger partial charge in [0.1, 0.15) is 35.7 Å². The highest BCUT2D eigenvalue weighted by Crippen LogP contribution is 2.44. The van der Waals surface area contributed by atoms with Gasteiger partial charge in [0.15, 0.2) is 5.11 Å². The Hall–Kier alpha value is -2.98. The van der Waals surface area contributed by atoms with Gasteiger partial charge in [-0.05, 0) is 72.9 Å². The van der Waals surface area contributed by atoms with E-state index in [0.29, 0.717) is 50.7 Å². The molecule has 4 aromatic rings. The molecule has 1 aliphatic rings. The SMILES string of the molecule is COCCOc1ccc(N2C(=S)N[C@H](c3ccccn3)[C@@H]2c2ccc(-c3ccc(Br)cc3F)o2)cc1Cl. The Morgan fingerprint density at radius 1 is 1.14 bits per heavy atom. The second-order valence-electron chi connectivity index (χ2n) is 8.28. The Balaban J connectivity index is 1.54. The Morgan fingerprint density at radius 2 is 2.00 bits per heavy atom. The third-order valence-electron chi connectivity index (χ3n) is 5.95. The van der Waals surface area contributed by atoms with Crippen LogP contribution in [0.1, 0.15) is 23.5 Å². The Morgan fingerprint density at radius 3 is 2.73 bits per heavy atom. The largest absolute Gasteiger partial charge is 0.490 e. The molecule has 37 heavy (non-hydrogen) atoms. The van der Waals surface area contributed by atoms with E-state index in [1.54, 1.807) is 43.6 Å². The van der Waals surface area contributed by atoms with Crippen LogP contribution >= 0.6 is 39.7 Å². The van der Waals surface area contributed by atoms with Gasteiger partial charge in [-0.1, -0.05) is 33.6 Å². The molecule has 1 aliphatic heterocycles. The zero-order valence-corrected chi connectivity index (χ0v) is 22.8. The molecule has 3 heterocycles. The van der Waals surface area contributed by atoms with Crippen molar-refractivity contribution >= 4 is 50.5 Å². The second-order valence-corrected chi connectivity index (χ2v) is 9.99. The van der Waals surface area contributed by atoms with E-state index in [-0.39, 0.29) is 11.9 Å². The van der Waals surface area contributed by atoms with E-state index in [1.807, 2.05) is 35.2 Å². The van der Waals surface area contributed by atoms with Crippen LogP contribution in [0.15, 0.2) is 81.8 Å². The maximum Gasteiger partial charge on any atom is 0.174 e. The number of thiocarbonyl (C=S) groups is 1. The summed E-state index contributed by atoms with van der Waals surface area (Å²) in [6.45, 7) is 0.831. The van der Waals surface area contributed by atoms with Gasteiger partial charge in [-0.2, -0.15) is 0 Å². The van der Waals surface area contributed by atoms with E-state index < -0.39 is 6.04 Å². The quantitative estimate of drug-likeness (QED) is 0.171. The minimum absolute atomic E-state index is 0.320. The van der Waals surface area contributed by atoms with Gasteiger partial charge in [0.25, 0.3) is 0 Å². The molecule has 0 radical (unpaired) electrons. The second kappa shape index (κ2) is 11.2. The minimum atomic E-state index is -0.411. The smallest absolute Gasteiger partial charge is 0.174 e. The standard InChI is InChI=1S/C27H22BrClFN3O3S/c1-34-12-13-35-23-8-6-17(15-19(23)29)33-26(25(32-27(33)37)21-4-2-3-11-31-21)24-10-9-22(36-24)18-7-5-16(28)14-20(18)30/h2-11,14-15,25-26H,12-13H2,1H3,(H,32,37)/t25-,26+/m1/s1. The van der Waals surface area contributed by atoms with Gasteiger partial charge in [0.05, 0.1) is 28.9 Å². The maximum atomic E-state index is 14.7. The first-order valence-electron chi connectivity index (χ1n) is 11.4. The van der Waals surface area contributed by atoms with Crippen LogP contribution in [-0.2, 0) is 4.74 Å². The molecule has 2 aromatic carbocycles. The molecule has 0 spiro atoms. The van der Waals surface area contributed by atoms with E-state index in [2.05, 4.69) is 26.2 Å². The number of nitrogens with one attached hydrogen (secondary N) is 1. The van der Waals surface area contributed by atoms with Crippen LogP contribution in [0.5, 0.6) is 5.75 Å². The normalized spacial score (nSPS) is 17.2. The van der Waals surface area contributed by atoms with Crippen molar-refractivity contribution in [2.24, 2.45) is 0 Å². The van der Waals surface area contributed by atoms with Crippen molar-refractivity contribution in [1.29, 1.82) is 0 Å². The Kier molecular flexibility index (Phi) is 7.76. The predicted octanol–water partition coefficient (Wildman–Crippen LogP) is 7.10. The fourth-order valence-corrected chi connectivity index (χ4v) is 5.17. The summed E-state index contributed by atoms with van der Waals surface area (Å²) in [5.41, 5.74) is 1.90. The number of hydrogen-bond donors (Lipinski definition) is 1. The summed E-state index contributed by atoms with van der Waals surface area (Å²) in [7, 11) is 1.61. The van der Waals surface area contributed by atoms with Crippen molar-refractivity contribution in [2.75, 3.05) is 25.2 Å². The van der Waals surface area contributed by atoms with E-state index in [1.165, 1.54) is 6.07 Å². The molecular formula is C27H22BrClFN3O3S. The van der Waals surface area contributed by atoms with Crippen molar-refractivity contribution in [3.05, 3.63) is 99.7 Å². The number of nitrogens with zero attached hydrogens (tertiary/aromatic N) is 2. The van der Waals surface area contributed by atoms with Gasteiger partial charge in [-0.25, -0.2) is 4.39 Å². The first-order valence-corrected chi connectivity index (χ1v) is 13.0. The highest BCUT2D eigenvalue weighted by Gasteiger charge is 2.42. The highest BCUT2D eigenvalue weighted by atomic mass is 79.9. The highest BCUT2D eigenvalue weighted by molar-refractivity contribution is 9.10. The maximum absolute atomic E-state index is 14.7. The monoisotopic (exact) mass is 601 g/mol. The third kappa shape index (κ3) is 5.36. The molecule has 0 amide bonds. The lowest BCUT2D eigenvalue weighted by Crippen LogP contribution is -2.29. The molecule has 6 nitrogen and oxygen atoms in total. The number of anilines is 1. The van der Waals surface area contributed by atoms with E-state index >= 15 is 0 Å². The number of aromatic nitrogens is 1. The summed E-state index contributed by atoms with van der Waals surface area (Å²) in [6.07, 6.45) is 1.73. The lowest BCUT2D eigenvalue weighted by atomic mass is 10.0. The van der Waals surface area contributed by atoms with Crippen LogP contribution in [-0.4, -0.2) is 30.4 Å². The number of hydrogen-bond acceptors (Lipinski definition) is 5. The third-order valence-corrected chi connectivity index (χ3v) is 7.05. The van der Waals surface area contributed by atoms with Gasteiger partial charge >= 0.3 is 0 Å². The Bertz CT molecular complexity index is 1420. The number of furan rings is 1. The van der Waals surface area contributed by atoms with Crippen molar-refractivity contribution in [1.82, 2.24) is 10.3 Å². The zero-order valence-electron chi connectivity index (χ0n) is 19.7. The van der Waals surface area contributed by atoms with Crippen LogP contribution in [0.3, 0.4) is 0 Å². The molecule has 10 heteroatoms. The van der Waals surface area contributed by atoms with Crippen molar-refractivity contribution < 1.29 is 18.3 Å². The molecule has 1 fully saturated rings. The molecule has 1 saturated heterocycles. The van der Waals surface area contributed by atoms with Crippen molar-refractivity contribution in [3.63, 3.8) is 0 Å². The van der Waals surface area contributed by atoms with Gasteiger partial charge in [0, 0.05) is 23.5 Å². The summed E-state index contributed by atoms with van der Waals surface area (Å²) in [5, 5.41) is 4.30. The van der Waals surface area contributed by atoms with E-state index in [9.17, 15) is 4.39 Å². The zero-order chi connectivity index (χ0) is 25.9. The van der Waals surface area contributed by atoms with E-state index in [0.717, 1.165) is 11.4 Å². The number of pyridine rings is 1. The van der Waals surface area contributed by atoms with Crippen molar-refractivity contribution in [3.8, 4) is 17.1 Å². The molecule has 0 aliphatic carbocycles. The molecule has 5 rings (SSSR count). The van der Waals surface area contributed by atoms with E-state index in [4.69, 9.17) is 37.7 Å². The van der Waals surface area contributed by atoms with Crippen LogP contribution in [0.25, 0.3) is 11.3 Å². The predicted molar refractivity (Wildman–Crippen MR) is 149 cm³/mol. The lowest BCUT2D eigenvalue weighted by Gasteiger charge is -2.26. The summed E-state index contributed by atoms with van der Waals surface area (Å²) in [5.74, 6) is 1.17. The van der Waals surface area contributed by atoms with Gasteiger partial charge in [-0.3, -0.25) is 4.98 Å². The number of halogens is 3. The van der Waals surface area contributed by atoms with Crippen LogP contribution in [0.4, 0.5) is 10.1 Å². The summed E-state index contributed by atoms with van der Waals surface area (Å²) < 4.78 is 32.3. The summed E-state index contributed by atoms with van der Waals surface area (Å²) in [6, 6.07) is 18.9. The molecule has 1 N–H and O–H groups in total. The number of benzene rings is 2. The summed E-state index contributed by atoms with van der Waals surface area (Å²) >= 11 is 15.6. The van der Waals surface area contributed by atoms with Gasteiger partial charge in [0.2, 0.25) is 0 Å². The first-order chi connectivity index (χ1) is 18.0. The molecule has 190 valence electrons. The van der Waals surface area contributed by atoms with Crippen LogP contribution in [0, 0.1) is 5.82 Å². The minimum Gasteiger partial charge on any atom is -0.490 e. The van der Waals surface area contributed by atoms with Crippen molar-refractivity contribution in [2.45, 2.75) is 12.1 Å². The van der Waals surface area contributed by atoms with Gasteiger partial charge in [-0.15, -0.1) is 0 Å². The van der Waals surface area contributed by atoms with Crippen LogP contribution < -0.4 is 15.0 Å². The molecular weight excluding hydrogens is 581 g/mol. The van der Waals surface area contributed by atoms with Gasteiger partial charge < -0.3 is 24.1 Å². The Labute approximate surface area is 232 Å². The number of methoxy groups -OCH3 is 1. The average molecular weight is 603 g/mol. The van der Waals surface area contributed by atoms with Crippen LogP contribution in [0.2, 0.25) is 5.02 Å². The molecule has 2 atom stereocenters. The first kappa shape index (κ1) is 25.7. The molecule has 0 saturated carbocycles. The number of rotatable bonds is 8. The molecule has 2 aromatic heterocycles. The fourth-order valence-electron chi connectivity index (χ4n) is 4.26. The molecule has 0 unspecified atom stereocenters. The topological polar surface area (TPSA) is 59.8 Å². The fraction of sp³-hybridized carbons (Fsp3) is 0.185. The lowest BCUT2D eigenvalue weighted by molar-refractivity contribution is 0.146.